The number of hydrogen-bond acceptors (Lipinski definition) is 2. The van der Waals surface area contributed by atoms with Gasteiger partial charge in [-0.2, -0.15) is 0 Å². The van der Waals surface area contributed by atoms with Gasteiger partial charge in [-0.15, -0.1) is 0 Å². The maximum absolute atomic E-state index is 12.8. The van der Waals surface area contributed by atoms with Gasteiger partial charge in [0.1, 0.15) is 5.54 Å². The largest absolute Gasteiger partial charge is 0.376 e. The molecule has 1 aromatic heterocycles. The van der Waals surface area contributed by atoms with Gasteiger partial charge in [0.25, 0.3) is 0 Å². The maximum Gasteiger partial charge on any atom is 0.248 e. The summed E-state index contributed by atoms with van der Waals surface area (Å²) in [5.74, 6) is 0.179. The summed E-state index contributed by atoms with van der Waals surface area (Å²) in [7, 11) is 0. The molecule has 1 aromatic rings. The molecule has 1 aliphatic rings. The van der Waals surface area contributed by atoms with Crippen LogP contribution in [-0.2, 0) is 15.1 Å². The second kappa shape index (κ2) is 6.44. The standard InChI is InChI=1S/C16H26N2O2/c1-4-12-20-14-8-7-9-17(13-14)15(19)16(2,3)18-10-5-6-11-18/h5-6,10-11,14H,4,7-9,12-13H2,1-3H3. The molecule has 0 spiro atoms. The van der Waals surface area contributed by atoms with Crippen molar-refractivity contribution in [3.8, 4) is 0 Å². The van der Waals surface area contributed by atoms with Crippen LogP contribution >= 0.6 is 0 Å². The molecule has 2 rings (SSSR count). The summed E-state index contributed by atoms with van der Waals surface area (Å²) in [5.41, 5.74) is -0.532. The van der Waals surface area contributed by atoms with Gasteiger partial charge in [-0.1, -0.05) is 6.92 Å². The highest BCUT2D eigenvalue weighted by Gasteiger charge is 2.35. The molecule has 1 atom stereocenters. The molecule has 1 unspecified atom stereocenters. The summed E-state index contributed by atoms with van der Waals surface area (Å²) < 4.78 is 7.79. The van der Waals surface area contributed by atoms with Crippen molar-refractivity contribution in [3.05, 3.63) is 24.5 Å². The third-order valence-electron chi connectivity index (χ3n) is 4.00. The third-order valence-corrected chi connectivity index (χ3v) is 4.00. The average molecular weight is 278 g/mol. The van der Waals surface area contributed by atoms with Crippen molar-refractivity contribution in [1.82, 2.24) is 9.47 Å². The van der Waals surface area contributed by atoms with Gasteiger partial charge in [-0.25, -0.2) is 0 Å². The Morgan fingerprint density at radius 1 is 1.35 bits per heavy atom. The molecule has 0 radical (unpaired) electrons. The first-order valence-corrected chi connectivity index (χ1v) is 7.60. The molecule has 2 heterocycles. The van der Waals surface area contributed by atoms with E-state index in [-0.39, 0.29) is 12.0 Å². The fourth-order valence-electron chi connectivity index (χ4n) is 2.75. The van der Waals surface area contributed by atoms with E-state index in [0.29, 0.717) is 0 Å². The molecule has 1 saturated heterocycles. The number of ether oxygens (including phenoxy) is 1. The summed E-state index contributed by atoms with van der Waals surface area (Å²) in [6, 6.07) is 3.91. The van der Waals surface area contributed by atoms with Gasteiger partial charge >= 0.3 is 0 Å². The van der Waals surface area contributed by atoms with Crippen molar-refractivity contribution in [2.75, 3.05) is 19.7 Å². The van der Waals surface area contributed by atoms with E-state index in [1.54, 1.807) is 0 Å². The topological polar surface area (TPSA) is 34.5 Å². The van der Waals surface area contributed by atoms with E-state index in [1.807, 2.05) is 47.8 Å². The summed E-state index contributed by atoms with van der Waals surface area (Å²) >= 11 is 0. The SMILES string of the molecule is CCCOC1CCCN(C(=O)C(C)(C)n2cccc2)C1. The third kappa shape index (κ3) is 3.23. The summed E-state index contributed by atoms with van der Waals surface area (Å²) in [4.78, 5) is 14.7. The second-order valence-corrected chi connectivity index (χ2v) is 6.04. The van der Waals surface area contributed by atoms with Crippen LogP contribution in [0.25, 0.3) is 0 Å². The number of piperidine rings is 1. The molecule has 112 valence electrons. The van der Waals surface area contributed by atoms with Crippen molar-refractivity contribution >= 4 is 5.91 Å². The highest BCUT2D eigenvalue weighted by atomic mass is 16.5. The zero-order valence-corrected chi connectivity index (χ0v) is 12.8. The number of rotatable bonds is 5. The molecule has 0 aliphatic carbocycles. The molecule has 0 N–H and O–H groups in total. The number of aromatic nitrogens is 1. The lowest BCUT2D eigenvalue weighted by molar-refractivity contribution is -0.143. The van der Waals surface area contributed by atoms with Gasteiger partial charge < -0.3 is 14.2 Å². The Kier molecular flexibility index (Phi) is 4.86. The molecule has 4 heteroatoms. The first kappa shape index (κ1) is 15.1. The fraction of sp³-hybridized carbons (Fsp3) is 0.688. The zero-order chi connectivity index (χ0) is 14.6. The smallest absolute Gasteiger partial charge is 0.248 e. The molecular formula is C16H26N2O2. The van der Waals surface area contributed by atoms with Gasteiger partial charge in [0.2, 0.25) is 5.91 Å². The lowest BCUT2D eigenvalue weighted by Crippen LogP contribution is -2.51. The Morgan fingerprint density at radius 2 is 2.05 bits per heavy atom. The Bertz CT molecular complexity index is 426. The van der Waals surface area contributed by atoms with E-state index < -0.39 is 5.54 Å². The van der Waals surface area contributed by atoms with Crippen LogP contribution in [0.4, 0.5) is 0 Å². The van der Waals surface area contributed by atoms with Crippen LogP contribution in [0.15, 0.2) is 24.5 Å². The van der Waals surface area contributed by atoms with Gasteiger partial charge in [0.05, 0.1) is 6.10 Å². The number of carbonyl (C=O) groups is 1. The van der Waals surface area contributed by atoms with Crippen LogP contribution in [0.5, 0.6) is 0 Å². The minimum atomic E-state index is -0.532. The Balaban J connectivity index is 2.01. The minimum absolute atomic E-state index is 0.179. The van der Waals surface area contributed by atoms with E-state index in [4.69, 9.17) is 4.74 Å². The van der Waals surface area contributed by atoms with E-state index in [2.05, 4.69) is 6.92 Å². The average Bonchev–Trinajstić information content (AvgIpc) is 2.99. The lowest BCUT2D eigenvalue weighted by atomic mass is 10.00. The van der Waals surface area contributed by atoms with Crippen LogP contribution in [0.3, 0.4) is 0 Å². The second-order valence-electron chi connectivity index (χ2n) is 6.04. The quantitative estimate of drug-likeness (QED) is 0.830. The monoisotopic (exact) mass is 278 g/mol. The Morgan fingerprint density at radius 3 is 2.70 bits per heavy atom. The van der Waals surface area contributed by atoms with Gasteiger partial charge in [-0.3, -0.25) is 4.79 Å². The zero-order valence-electron chi connectivity index (χ0n) is 12.8. The molecule has 1 amide bonds. The number of hydrogen-bond donors (Lipinski definition) is 0. The highest BCUT2D eigenvalue weighted by molar-refractivity contribution is 5.83. The van der Waals surface area contributed by atoms with Crippen LogP contribution in [-0.4, -0.2) is 41.2 Å². The molecule has 4 nitrogen and oxygen atoms in total. The van der Waals surface area contributed by atoms with E-state index in [0.717, 1.165) is 39.0 Å². The van der Waals surface area contributed by atoms with Crippen molar-refractivity contribution in [2.24, 2.45) is 0 Å². The van der Waals surface area contributed by atoms with Crippen molar-refractivity contribution in [3.63, 3.8) is 0 Å². The van der Waals surface area contributed by atoms with Crippen molar-refractivity contribution in [2.45, 2.75) is 51.7 Å². The van der Waals surface area contributed by atoms with E-state index in [1.165, 1.54) is 0 Å². The Hall–Kier alpha value is -1.29. The van der Waals surface area contributed by atoms with Gasteiger partial charge in [0.15, 0.2) is 0 Å². The van der Waals surface area contributed by atoms with Crippen molar-refractivity contribution < 1.29 is 9.53 Å². The van der Waals surface area contributed by atoms with Gasteiger partial charge in [0, 0.05) is 32.1 Å². The molecule has 1 aliphatic heterocycles. The predicted molar refractivity (Wildman–Crippen MR) is 79.6 cm³/mol. The van der Waals surface area contributed by atoms with Crippen LogP contribution in [0.2, 0.25) is 0 Å². The maximum atomic E-state index is 12.8. The molecule has 20 heavy (non-hydrogen) atoms. The van der Waals surface area contributed by atoms with Crippen LogP contribution in [0.1, 0.15) is 40.0 Å². The highest BCUT2D eigenvalue weighted by Crippen LogP contribution is 2.22. The summed E-state index contributed by atoms with van der Waals surface area (Å²) in [6.07, 6.45) is 7.22. The first-order chi connectivity index (χ1) is 9.55. The predicted octanol–water partition coefficient (Wildman–Crippen LogP) is 2.64. The summed E-state index contributed by atoms with van der Waals surface area (Å²) in [6.45, 7) is 8.42. The van der Waals surface area contributed by atoms with Crippen molar-refractivity contribution in [1.29, 1.82) is 0 Å². The molecule has 1 fully saturated rings. The fourth-order valence-corrected chi connectivity index (χ4v) is 2.75. The first-order valence-electron chi connectivity index (χ1n) is 7.60. The number of likely N-dealkylation sites (tertiary alicyclic amines) is 1. The molecule has 0 saturated carbocycles. The Labute approximate surface area is 121 Å². The van der Waals surface area contributed by atoms with Gasteiger partial charge in [-0.05, 0) is 45.2 Å². The molecular weight excluding hydrogens is 252 g/mol. The number of nitrogens with zero attached hydrogens (tertiary/aromatic N) is 2. The molecule has 0 aromatic carbocycles. The number of amides is 1. The number of carbonyl (C=O) groups excluding carboxylic acids is 1. The van der Waals surface area contributed by atoms with Crippen LogP contribution < -0.4 is 0 Å². The minimum Gasteiger partial charge on any atom is -0.376 e. The van der Waals surface area contributed by atoms with E-state index >= 15 is 0 Å². The van der Waals surface area contributed by atoms with E-state index in [9.17, 15) is 4.79 Å². The van der Waals surface area contributed by atoms with Crippen LogP contribution in [0, 0.1) is 0 Å². The lowest BCUT2D eigenvalue weighted by Gasteiger charge is -2.38. The summed E-state index contributed by atoms with van der Waals surface area (Å²) in [5, 5.41) is 0. The normalized spacial score (nSPS) is 20.1. The molecule has 0 bridgehead atoms.